The van der Waals surface area contributed by atoms with E-state index >= 15 is 0 Å². The minimum atomic E-state index is 0.363. The average molecular weight is 306 g/mol. The number of aromatic amines is 1. The molecule has 4 nitrogen and oxygen atoms in total. The molecule has 1 aliphatic heterocycles. The fourth-order valence-corrected chi connectivity index (χ4v) is 3.76. The molecule has 0 aliphatic carbocycles. The summed E-state index contributed by atoms with van der Waals surface area (Å²) in [6.45, 7) is 5.41. The monoisotopic (exact) mass is 306 g/mol. The standard InChI is InChI=1S/C19H22N4/c1-12-10-21-16-11-22-19(23-17(12)16)15-8-9-20-18(13(15)2)14-6-4-3-5-7-14/h3-7,10-11,13,15,18,20-21H,8-9H2,1-2H3. The highest BCUT2D eigenvalue weighted by Crippen LogP contribution is 2.38. The maximum atomic E-state index is 4.87. The topological polar surface area (TPSA) is 53.6 Å². The smallest absolute Gasteiger partial charge is 0.132 e. The average Bonchev–Trinajstić information content (AvgIpc) is 2.96. The molecule has 3 unspecified atom stereocenters. The fourth-order valence-electron chi connectivity index (χ4n) is 3.76. The van der Waals surface area contributed by atoms with Crippen LogP contribution in [0.3, 0.4) is 0 Å². The van der Waals surface area contributed by atoms with Crippen molar-refractivity contribution in [1.29, 1.82) is 0 Å². The lowest BCUT2D eigenvalue weighted by Gasteiger charge is -2.36. The van der Waals surface area contributed by atoms with Gasteiger partial charge >= 0.3 is 0 Å². The van der Waals surface area contributed by atoms with Crippen molar-refractivity contribution in [3.8, 4) is 0 Å². The third-order valence-electron chi connectivity index (χ3n) is 5.10. The zero-order chi connectivity index (χ0) is 15.8. The first kappa shape index (κ1) is 14.4. The van der Waals surface area contributed by atoms with Crippen molar-refractivity contribution in [3.63, 3.8) is 0 Å². The zero-order valence-electron chi connectivity index (χ0n) is 13.6. The molecule has 2 N–H and O–H groups in total. The largest absolute Gasteiger partial charge is 0.358 e. The van der Waals surface area contributed by atoms with Crippen LogP contribution in [-0.4, -0.2) is 21.5 Å². The van der Waals surface area contributed by atoms with E-state index in [1.807, 2.05) is 12.4 Å². The number of nitrogens with zero attached hydrogens (tertiary/aromatic N) is 2. The second kappa shape index (κ2) is 5.78. The molecule has 3 aromatic rings. The van der Waals surface area contributed by atoms with E-state index in [1.165, 1.54) is 11.1 Å². The van der Waals surface area contributed by atoms with Crippen molar-refractivity contribution in [1.82, 2.24) is 20.3 Å². The van der Waals surface area contributed by atoms with E-state index in [9.17, 15) is 0 Å². The summed E-state index contributed by atoms with van der Waals surface area (Å²) in [5.41, 5.74) is 4.61. The van der Waals surface area contributed by atoms with Crippen molar-refractivity contribution < 1.29 is 0 Å². The van der Waals surface area contributed by atoms with Crippen molar-refractivity contribution in [2.45, 2.75) is 32.2 Å². The molecular weight excluding hydrogens is 284 g/mol. The lowest BCUT2D eigenvalue weighted by Crippen LogP contribution is -2.38. The van der Waals surface area contributed by atoms with Gasteiger partial charge in [0.2, 0.25) is 0 Å². The van der Waals surface area contributed by atoms with Gasteiger partial charge in [0.25, 0.3) is 0 Å². The number of hydrogen-bond acceptors (Lipinski definition) is 3. The molecule has 1 fully saturated rings. The zero-order valence-corrected chi connectivity index (χ0v) is 13.6. The molecule has 23 heavy (non-hydrogen) atoms. The molecule has 0 bridgehead atoms. The van der Waals surface area contributed by atoms with Crippen LogP contribution in [0.15, 0.2) is 42.7 Å². The molecule has 3 heterocycles. The molecule has 0 radical (unpaired) electrons. The molecule has 1 aliphatic rings. The van der Waals surface area contributed by atoms with Crippen LogP contribution in [0.4, 0.5) is 0 Å². The van der Waals surface area contributed by atoms with Gasteiger partial charge in [-0.25, -0.2) is 9.97 Å². The van der Waals surface area contributed by atoms with Gasteiger partial charge in [0.1, 0.15) is 5.82 Å². The van der Waals surface area contributed by atoms with Gasteiger partial charge in [-0.1, -0.05) is 37.3 Å². The van der Waals surface area contributed by atoms with E-state index in [-0.39, 0.29) is 0 Å². The summed E-state index contributed by atoms with van der Waals surface area (Å²) in [5.74, 6) is 1.83. The molecule has 0 saturated carbocycles. The highest BCUT2D eigenvalue weighted by atomic mass is 15.0. The Morgan fingerprint density at radius 1 is 1.17 bits per heavy atom. The number of hydrogen-bond donors (Lipinski definition) is 2. The summed E-state index contributed by atoms with van der Waals surface area (Å²) in [7, 11) is 0. The van der Waals surface area contributed by atoms with Gasteiger partial charge in [0.05, 0.1) is 17.2 Å². The Morgan fingerprint density at radius 3 is 2.83 bits per heavy atom. The highest BCUT2D eigenvalue weighted by Gasteiger charge is 2.33. The number of piperidine rings is 1. The number of fused-ring (bicyclic) bond motifs is 1. The Labute approximate surface area is 136 Å². The van der Waals surface area contributed by atoms with Crippen LogP contribution < -0.4 is 5.32 Å². The van der Waals surface area contributed by atoms with Gasteiger partial charge in [0, 0.05) is 18.2 Å². The molecule has 0 amide bonds. The van der Waals surface area contributed by atoms with Crippen LogP contribution in [-0.2, 0) is 0 Å². The molecule has 4 rings (SSSR count). The Bertz CT molecular complexity index is 809. The number of aromatic nitrogens is 3. The molecular formula is C19H22N4. The molecule has 0 spiro atoms. The van der Waals surface area contributed by atoms with Gasteiger partial charge in [-0.2, -0.15) is 0 Å². The van der Waals surface area contributed by atoms with Gasteiger partial charge in [0.15, 0.2) is 0 Å². The van der Waals surface area contributed by atoms with Crippen LogP contribution in [0.1, 0.15) is 42.3 Å². The number of H-pyrrole nitrogens is 1. The summed E-state index contributed by atoms with van der Waals surface area (Å²) in [4.78, 5) is 12.7. The fraction of sp³-hybridized carbons (Fsp3) is 0.368. The van der Waals surface area contributed by atoms with E-state index in [0.29, 0.717) is 17.9 Å². The number of rotatable bonds is 2. The van der Waals surface area contributed by atoms with Crippen LogP contribution in [0.2, 0.25) is 0 Å². The van der Waals surface area contributed by atoms with Crippen LogP contribution >= 0.6 is 0 Å². The first-order valence-corrected chi connectivity index (χ1v) is 8.33. The highest BCUT2D eigenvalue weighted by molar-refractivity contribution is 5.77. The molecule has 4 heteroatoms. The van der Waals surface area contributed by atoms with Crippen molar-refractivity contribution in [2.75, 3.05) is 6.54 Å². The van der Waals surface area contributed by atoms with Crippen molar-refractivity contribution >= 4 is 11.0 Å². The first-order valence-electron chi connectivity index (χ1n) is 8.33. The van der Waals surface area contributed by atoms with E-state index in [0.717, 1.165) is 29.8 Å². The normalized spacial score (nSPS) is 24.9. The molecule has 3 atom stereocenters. The van der Waals surface area contributed by atoms with E-state index in [2.05, 4.69) is 59.5 Å². The van der Waals surface area contributed by atoms with E-state index < -0.39 is 0 Å². The second-order valence-electron chi connectivity index (χ2n) is 6.56. The molecule has 1 aromatic carbocycles. The molecule has 118 valence electrons. The predicted octanol–water partition coefficient (Wildman–Crippen LogP) is 3.72. The summed E-state index contributed by atoms with van der Waals surface area (Å²) in [6, 6.07) is 11.1. The van der Waals surface area contributed by atoms with Gasteiger partial charge in [-0.15, -0.1) is 0 Å². The third kappa shape index (κ3) is 2.53. The van der Waals surface area contributed by atoms with Gasteiger partial charge < -0.3 is 10.3 Å². The maximum Gasteiger partial charge on any atom is 0.132 e. The van der Waals surface area contributed by atoms with Gasteiger partial charge in [-0.3, -0.25) is 0 Å². The van der Waals surface area contributed by atoms with Crippen LogP contribution in [0.25, 0.3) is 11.0 Å². The summed E-state index contributed by atoms with van der Waals surface area (Å²) in [6.07, 6.45) is 5.01. The SMILES string of the molecule is Cc1c[nH]c2cnc(C3CCNC(c4ccccc4)C3C)nc12. The molecule has 1 saturated heterocycles. The number of nitrogens with one attached hydrogen (secondary N) is 2. The first-order chi connectivity index (χ1) is 11.2. The van der Waals surface area contributed by atoms with E-state index in [1.54, 1.807) is 0 Å². The Kier molecular flexibility index (Phi) is 3.62. The molecule has 2 aromatic heterocycles. The number of benzene rings is 1. The quantitative estimate of drug-likeness (QED) is 0.758. The predicted molar refractivity (Wildman–Crippen MR) is 92.3 cm³/mol. The minimum absolute atomic E-state index is 0.363. The van der Waals surface area contributed by atoms with E-state index in [4.69, 9.17) is 4.98 Å². The number of aryl methyl sites for hydroxylation is 1. The second-order valence-corrected chi connectivity index (χ2v) is 6.56. The van der Waals surface area contributed by atoms with Crippen molar-refractivity contribution in [3.05, 3.63) is 59.7 Å². The van der Waals surface area contributed by atoms with Crippen molar-refractivity contribution in [2.24, 2.45) is 5.92 Å². The Hall–Kier alpha value is -2.20. The minimum Gasteiger partial charge on any atom is -0.358 e. The third-order valence-corrected chi connectivity index (χ3v) is 5.10. The summed E-state index contributed by atoms with van der Waals surface area (Å²) in [5, 5.41) is 3.67. The Balaban J connectivity index is 1.68. The Morgan fingerprint density at radius 2 is 2.00 bits per heavy atom. The maximum absolute atomic E-state index is 4.87. The summed E-state index contributed by atoms with van der Waals surface area (Å²) >= 11 is 0. The lowest BCUT2D eigenvalue weighted by molar-refractivity contribution is 0.257. The van der Waals surface area contributed by atoms with Crippen LogP contribution in [0.5, 0.6) is 0 Å². The van der Waals surface area contributed by atoms with Gasteiger partial charge in [-0.05, 0) is 36.9 Å². The summed E-state index contributed by atoms with van der Waals surface area (Å²) < 4.78 is 0. The van der Waals surface area contributed by atoms with Crippen LogP contribution in [0, 0.1) is 12.8 Å². The lowest BCUT2D eigenvalue weighted by atomic mass is 9.78.